The van der Waals surface area contributed by atoms with Gasteiger partial charge in [-0.2, -0.15) is 0 Å². The number of hydrogen-bond acceptors (Lipinski definition) is 5. The first-order valence-electron chi connectivity index (χ1n) is 9.98. The van der Waals surface area contributed by atoms with Crippen molar-refractivity contribution in [1.82, 2.24) is 15.2 Å². The van der Waals surface area contributed by atoms with E-state index < -0.39 is 6.04 Å². The van der Waals surface area contributed by atoms with Crippen molar-refractivity contribution in [1.29, 1.82) is 0 Å². The summed E-state index contributed by atoms with van der Waals surface area (Å²) in [7, 11) is 1.57. The highest BCUT2D eigenvalue weighted by Gasteiger charge is 2.42. The van der Waals surface area contributed by atoms with Crippen molar-refractivity contribution in [2.45, 2.75) is 18.0 Å². The van der Waals surface area contributed by atoms with Crippen LogP contribution >= 0.6 is 11.8 Å². The maximum atomic E-state index is 13.6. The lowest BCUT2D eigenvalue weighted by Crippen LogP contribution is -2.47. The number of pyridine rings is 1. The SMILES string of the molecule is COc1cccc(C(=O)N2C(C(=O)NCc3ccccn3)CSC2c2ccccc2)c1. The van der Waals surface area contributed by atoms with E-state index in [2.05, 4.69) is 10.3 Å². The number of hydrogen-bond donors (Lipinski definition) is 1. The molecular weight excluding hydrogens is 410 g/mol. The highest BCUT2D eigenvalue weighted by Crippen LogP contribution is 2.42. The van der Waals surface area contributed by atoms with Crippen LogP contribution in [0.5, 0.6) is 5.75 Å². The molecule has 1 N–H and O–H groups in total. The molecule has 1 fully saturated rings. The van der Waals surface area contributed by atoms with Crippen molar-refractivity contribution in [3.63, 3.8) is 0 Å². The number of carbonyl (C=O) groups excluding carboxylic acids is 2. The second-order valence-electron chi connectivity index (χ2n) is 7.10. The molecule has 4 rings (SSSR count). The van der Waals surface area contributed by atoms with E-state index in [1.807, 2.05) is 48.5 Å². The van der Waals surface area contributed by atoms with Gasteiger partial charge in [-0.05, 0) is 35.9 Å². The maximum absolute atomic E-state index is 13.6. The van der Waals surface area contributed by atoms with Crippen LogP contribution in [-0.4, -0.2) is 40.6 Å². The number of ether oxygens (including phenoxy) is 1. The lowest BCUT2D eigenvalue weighted by Gasteiger charge is -2.29. The van der Waals surface area contributed by atoms with E-state index in [-0.39, 0.29) is 17.2 Å². The van der Waals surface area contributed by atoms with E-state index in [0.717, 1.165) is 11.3 Å². The number of aromatic nitrogens is 1. The molecule has 2 aromatic carbocycles. The van der Waals surface area contributed by atoms with Crippen LogP contribution in [-0.2, 0) is 11.3 Å². The Morgan fingerprint density at radius 3 is 2.65 bits per heavy atom. The molecule has 31 heavy (non-hydrogen) atoms. The Bertz CT molecular complexity index is 1050. The number of thioether (sulfide) groups is 1. The molecule has 1 aliphatic heterocycles. The predicted octanol–water partition coefficient (Wildman–Crippen LogP) is 3.66. The summed E-state index contributed by atoms with van der Waals surface area (Å²) in [5.41, 5.74) is 2.25. The van der Waals surface area contributed by atoms with Gasteiger partial charge in [-0.15, -0.1) is 11.8 Å². The summed E-state index contributed by atoms with van der Waals surface area (Å²) >= 11 is 1.59. The van der Waals surface area contributed by atoms with E-state index in [4.69, 9.17) is 4.74 Å². The maximum Gasteiger partial charge on any atom is 0.255 e. The molecule has 3 aromatic rings. The highest BCUT2D eigenvalue weighted by molar-refractivity contribution is 7.99. The Morgan fingerprint density at radius 1 is 1.10 bits per heavy atom. The Morgan fingerprint density at radius 2 is 1.90 bits per heavy atom. The normalized spacial score (nSPS) is 17.9. The van der Waals surface area contributed by atoms with Gasteiger partial charge in [-0.1, -0.05) is 42.5 Å². The number of rotatable bonds is 6. The zero-order valence-corrected chi connectivity index (χ0v) is 17.9. The van der Waals surface area contributed by atoms with Crippen molar-refractivity contribution in [3.8, 4) is 5.75 Å². The standard InChI is InChI=1S/C24H23N3O3S/c1-30-20-12-7-10-18(14-20)23(29)27-21(16-31-24(27)17-8-3-2-4-9-17)22(28)26-15-19-11-5-6-13-25-19/h2-14,21,24H,15-16H2,1H3,(H,26,28). The van der Waals surface area contributed by atoms with Gasteiger partial charge >= 0.3 is 0 Å². The topological polar surface area (TPSA) is 71.5 Å². The molecule has 1 saturated heterocycles. The van der Waals surface area contributed by atoms with Gasteiger partial charge in [-0.3, -0.25) is 14.6 Å². The molecule has 0 bridgehead atoms. The first-order valence-corrected chi connectivity index (χ1v) is 11.0. The number of nitrogens with zero attached hydrogens (tertiary/aromatic N) is 2. The van der Waals surface area contributed by atoms with Crippen molar-refractivity contribution in [2.24, 2.45) is 0 Å². The Kier molecular flexibility index (Phi) is 6.52. The molecule has 0 spiro atoms. The third-order valence-corrected chi connectivity index (χ3v) is 6.43. The van der Waals surface area contributed by atoms with Gasteiger partial charge in [0, 0.05) is 17.5 Å². The van der Waals surface area contributed by atoms with E-state index in [1.54, 1.807) is 54.2 Å². The van der Waals surface area contributed by atoms with Crippen molar-refractivity contribution in [2.75, 3.05) is 12.9 Å². The molecule has 2 atom stereocenters. The van der Waals surface area contributed by atoms with Crippen molar-refractivity contribution in [3.05, 3.63) is 95.8 Å². The molecular formula is C24H23N3O3S. The second kappa shape index (κ2) is 9.66. The molecule has 6 nitrogen and oxygen atoms in total. The Hall–Kier alpha value is -3.32. The largest absolute Gasteiger partial charge is 0.497 e. The molecule has 1 aliphatic rings. The van der Waals surface area contributed by atoms with Crippen molar-refractivity contribution < 1.29 is 14.3 Å². The monoisotopic (exact) mass is 433 g/mol. The summed E-state index contributed by atoms with van der Waals surface area (Å²) in [6, 6.07) is 21.8. The van der Waals surface area contributed by atoms with E-state index >= 15 is 0 Å². The Balaban J connectivity index is 1.60. The van der Waals surface area contributed by atoms with Crippen LogP contribution < -0.4 is 10.1 Å². The average Bonchev–Trinajstić information content (AvgIpc) is 3.28. The lowest BCUT2D eigenvalue weighted by atomic mass is 10.1. The fraction of sp³-hybridized carbons (Fsp3) is 0.208. The van der Waals surface area contributed by atoms with E-state index in [1.165, 1.54) is 0 Å². The summed E-state index contributed by atoms with van der Waals surface area (Å²) in [4.78, 5) is 32.6. The molecule has 158 valence electrons. The number of carbonyl (C=O) groups is 2. The molecule has 2 heterocycles. The highest BCUT2D eigenvalue weighted by atomic mass is 32.2. The quantitative estimate of drug-likeness (QED) is 0.642. The van der Waals surface area contributed by atoms with Crippen LogP contribution in [0, 0.1) is 0 Å². The molecule has 0 radical (unpaired) electrons. The van der Waals surface area contributed by atoms with Crippen LogP contribution in [0.15, 0.2) is 79.0 Å². The van der Waals surface area contributed by atoms with Gasteiger partial charge in [0.05, 0.1) is 19.3 Å². The molecule has 0 saturated carbocycles. The van der Waals surface area contributed by atoms with Gasteiger partial charge < -0.3 is 15.0 Å². The Labute approximate surface area is 185 Å². The summed E-state index contributed by atoms with van der Waals surface area (Å²) < 4.78 is 5.28. The minimum atomic E-state index is -0.586. The zero-order valence-electron chi connectivity index (χ0n) is 17.1. The molecule has 2 unspecified atom stereocenters. The summed E-state index contributed by atoms with van der Waals surface area (Å²) in [5, 5.41) is 2.69. The third kappa shape index (κ3) is 4.72. The fourth-order valence-corrected chi connectivity index (χ4v) is 4.96. The van der Waals surface area contributed by atoms with Crippen LogP contribution in [0.25, 0.3) is 0 Å². The average molecular weight is 434 g/mol. The fourth-order valence-electron chi connectivity index (χ4n) is 3.53. The zero-order chi connectivity index (χ0) is 21.6. The van der Waals surface area contributed by atoms with Crippen molar-refractivity contribution >= 4 is 23.6 Å². The summed E-state index contributed by atoms with van der Waals surface area (Å²) in [5.74, 6) is 0.734. The molecule has 1 aromatic heterocycles. The van der Waals surface area contributed by atoms with E-state index in [0.29, 0.717) is 23.6 Å². The molecule has 0 aliphatic carbocycles. The first kappa shape index (κ1) is 20.9. The lowest BCUT2D eigenvalue weighted by molar-refractivity contribution is -0.125. The van der Waals surface area contributed by atoms with Gasteiger partial charge in [0.2, 0.25) is 5.91 Å². The van der Waals surface area contributed by atoms with Crippen LogP contribution in [0.1, 0.15) is 27.0 Å². The minimum absolute atomic E-state index is 0.187. The van der Waals surface area contributed by atoms with Crippen LogP contribution in [0.4, 0.5) is 0 Å². The number of amides is 2. The summed E-state index contributed by atoms with van der Waals surface area (Å²) in [6.07, 6.45) is 1.69. The smallest absolute Gasteiger partial charge is 0.255 e. The number of benzene rings is 2. The van der Waals surface area contributed by atoms with E-state index in [9.17, 15) is 9.59 Å². The van der Waals surface area contributed by atoms with Gasteiger partial charge in [0.25, 0.3) is 5.91 Å². The van der Waals surface area contributed by atoms with Gasteiger partial charge in [0.15, 0.2) is 0 Å². The number of nitrogens with one attached hydrogen (secondary N) is 1. The minimum Gasteiger partial charge on any atom is -0.497 e. The summed E-state index contributed by atoms with van der Waals surface area (Å²) in [6.45, 7) is 0.317. The van der Waals surface area contributed by atoms with Gasteiger partial charge in [-0.25, -0.2) is 0 Å². The second-order valence-corrected chi connectivity index (χ2v) is 8.21. The molecule has 7 heteroatoms. The van der Waals surface area contributed by atoms with Gasteiger partial charge in [0.1, 0.15) is 17.2 Å². The third-order valence-electron chi connectivity index (χ3n) is 5.11. The predicted molar refractivity (Wildman–Crippen MR) is 121 cm³/mol. The first-order chi connectivity index (χ1) is 15.2. The van der Waals surface area contributed by atoms with Crippen LogP contribution in [0.2, 0.25) is 0 Å². The molecule has 2 amide bonds. The number of methoxy groups -OCH3 is 1. The van der Waals surface area contributed by atoms with Crippen LogP contribution in [0.3, 0.4) is 0 Å².